The van der Waals surface area contributed by atoms with Gasteiger partial charge in [-0.25, -0.2) is 22.7 Å². The number of carboxylic acid groups (broad SMARTS) is 1. The molecule has 20 heavy (non-hydrogen) atoms. The highest BCUT2D eigenvalue weighted by Gasteiger charge is 2.36. The van der Waals surface area contributed by atoms with Gasteiger partial charge in [-0.3, -0.25) is 0 Å². The van der Waals surface area contributed by atoms with Crippen molar-refractivity contribution in [3.05, 3.63) is 0 Å². The van der Waals surface area contributed by atoms with Gasteiger partial charge in [-0.05, 0) is 12.8 Å². The van der Waals surface area contributed by atoms with Crippen molar-refractivity contribution < 1.29 is 23.1 Å². The number of urea groups is 1. The Hall–Kier alpha value is -1.35. The van der Waals surface area contributed by atoms with Gasteiger partial charge in [0, 0.05) is 13.1 Å². The Balaban J connectivity index is 4.40. The Kier molecular flexibility index (Phi) is 7.51. The standard InChI is InChI=1S/C11H23N3O5S/c1-4-11(5-2,9(15)16)14-10(17)12-7-8-20(18,19)13-6-3/h13H,4-8H2,1-3H3,(H,15,16)(H2,12,14,17). The van der Waals surface area contributed by atoms with E-state index in [0.717, 1.165) is 0 Å². The smallest absolute Gasteiger partial charge is 0.329 e. The Bertz CT molecular complexity index is 431. The maximum Gasteiger partial charge on any atom is 0.329 e. The molecule has 0 aromatic rings. The van der Waals surface area contributed by atoms with Gasteiger partial charge in [0.05, 0.1) is 5.75 Å². The highest BCUT2D eigenvalue weighted by atomic mass is 32.2. The van der Waals surface area contributed by atoms with Gasteiger partial charge in [-0.1, -0.05) is 20.8 Å². The number of carboxylic acids is 1. The summed E-state index contributed by atoms with van der Waals surface area (Å²) in [5.74, 6) is -1.37. The zero-order chi connectivity index (χ0) is 15.8. The van der Waals surface area contributed by atoms with Crippen LogP contribution in [0, 0.1) is 0 Å². The molecule has 0 aromatic carbocycles. The minimum Gasteiger partial charge on any atom is -0.480 e. The SMILES string of the molecule is CCNS(=O)(=O)CCNC(=O)NC(CC)(CC)C(=O)O. The summed E-state index contributed by atoms with van der Waals surface area (Å²) in [6, 6.07) is -0.692. The summed E-state index contributed by atoms with van der Waals surface area (Å²) in [4.78, 5) is 22.8. The molecule has 0 aliphatic heterocycles. The molecule has 0 fully saturated rings. The topological polar surface area (TPSA) is 125 Å². The quantitative estimate of drug-likeness (QED) is 0.472. The fourth-order valence-electron chi connectivity index (χ4n) is 1.64. The molecule has 0 saturated carbocycles. The first kappa shape index (κ1) is 18.7. The average molecular weight is 309 g/mol. The minimum absolute atomic E-state index is 0.0930. The number of hydrogen-bond donors (Lipinski definition) is 4. The van der Waals surface area contributed by atoms with Gasteiger partial charge in [0.1, 0.15) is 5.54 Å². The van der Waals surface area contributed by atoms with E-state index in [1.807, 2.05) is 0 Å². The Morgan fingerprint density at radius 3 is 2.10 bits per heavy atom. The summed E-state index contributed by atoms with van der Waals surface area (Å²) in [6.07, 6.45) is 0.476. The molecule has 0 saturated heterocycles. The van der Waals surface area contributed by atoms with Gasteiger partial charge in [-0.2, -0.15) is 0 Å². The molecule has 0 radical (unpaired) electrons. The second-order valence-corrected chi connectivity index (χ2v) is 6.22. The van der Waals surface area contributed by atoms with Gasteiger partial charge in [0.2, 0.25) is 10.0 Å². The predicted octanol–water partition coefficient (Wildman–Crippen LogP) is -0.132. The van der Waals surface area contributed by atoms with Crippen molar-refractivity contribution in [3.8, 4) is 0 Å². The van der Waals surface area contributed by atoms with Gasteiger partial charge < -0.3 is 15.7 Å². The van der Waals surface area contributed by atoms with Crippen LogP contribution in [0.5, 0.6) is 0 Å². The largest absolute Gasteiger partial charge is 0.480 e. The molecule has 8 nitrogen and oxygen atoms in total. The molecule has 0 unspecified atom stereocenters. The molecule has 9 heteroatoms. The van der Waals surface area contributed by atoms with E-state index in [1.165, 1.54) is 0 Å². The third-order valence-electron chi connectivity index (χ3n) is 2.99. The van der Waals surface area contributed by atoms with Crippen molar-refractivity contribution in [3.63, 3.8) is 0 Å². The molecule has 2 amide bonds. The van der Waals surface area contributed by atoms with E-state index in [0.29, 0.717) is 0 Å². The Morgan fingerprint density at radius 2 is 1.70 bits per heavy atom. The minimum atomic E-state index is -3.41. The number of aliphatic carboxylic acids is 1. The molecule has 0 aliphatic carbocycles. The molecule has 0 spiro atoms. The fourth-order valence-corrected chi connectivity index (χ4v) is 2.59. The van der Waals surface area contributed by atoms with E-state index >= 15 is 0 Å². The van der Waals surface area contributed by atoms with Crippen molar-refractivity contribution in [2.24, 2.45) is 0 Å². The first-order chi connectivity index (χ1) is 9.23. The summed E-state index contributed by atoms with van der Waals surface area (Å²) >= 11 is 0. The summed E-state index contributed by atoms with van der Waals surface area (Å²) in [5.41, 5.74) is -1.33. The molecular formula is C11H23N3O5S. The highest BCUT2D eigenvalue weighted by Crippen LogP contribution is 2.14. The number of rotatable bonds is 9. The summed E-state index contributed by atoms with van der Waals surface area (Å²) in [7, 11) is -3.41. The Morgan fingerprint density at radius 1 is 1.15 bits per heavy atom. The Labute approximate surface area is 119 Å². The molecule has 0 rings (SSSR count). The predicted molar refractivity (Wildman–Crippen MR) is 74.9 cm³/mol. The molecule has 0 heterocycles. The van der Waals surface area contributed by atoms with E-state index < -0.39 is 27.6 Å². The van der Waals surface area contributed by atoms with E-state index in [-0.39, 0.29) is 31.7 Å². The summed E-state index contributed by atoms with van der Waals surface area (Å²) in [5, 5.41) is 13.9. The number of sulfonamides is 1. The van der Waals surface area contributed by atoms with Crippen LogP contribution in [-0.2, 0) is 14.8 Å². The van der Waals surface area contributed by atoms with E-state index in [2.05, 4.69) is 15.4 Å². The van der Waals surface area contributed by atoms with E-state index in [1.54, 1.807) is 20.8 Å². The van der Waals surface area contributed by atoms with Crippen LogP contribution in [0.3, 0.4) is 0 Å². The fraction of sp³-hybridized carbons (Fsp3) is 0.818. The van der Waals surface area contributed by atoms with Crippen LogP contribution < -0.4 is 15.4 Å². The number of carbonyl (C=O) groups is 2. The molecule has 4 N–H and O–H groups in total. The summed E-state index contributed by atoms with van der Waals surface area (Å²) in [6.45, 7) is 5.16. The van der Waals surface area contributed by atoms with Crippen molar-refractivity contribution in [1.82, 2.24) is 15.4 Å². The molecule has 118 valence electrons. The highest BCUT2D eigenvalue weighted by molar-refractivity contribution is 7.89. The van der Waals surface area contributed by atoms with Gasteiger partial charge in [-0.15, -0.1) is 0 Å². The number of nitrogens with one attached hydrogen (secondary N) is 3. The van der Waals surface area contributed by atoms with Crippen LogP contribution in [0.4, 0.5) is 4.79 Å². The monoisotopic (exact) mass is 309 g/mol. The lowest BCUT2D eigenvalue weighted by Gasteiger charge is -2.28. The zero-order valence-corrected chi connectivity index (χ0v) is 12.8. The lowest BCUT2D eigenvalue weighted by Crippen LogP contribution is -2.56. The first-order valence-corrected chi connectivity index (χ1v) is 8.15. The molecule has 0 aromatic heterocycles. The van der Waals surface area contributed by atoms with Crippen molar-refractivity contribution in [2.75, 3.05) is 18.8 Å². The molecule has 0 atom stereocenters. The van der Waals surface area contributed by atoms with Crippen molar-refractivity contribution in [1.29, 1.82) is 0 Å². The number of hydrogen-bond acceptors (Lipinski definition) is 4. The lowest BCUT2D eigenvalue weighted by atomic mass is 9.93. The van der Waals surface area contributed by atoms with Crippen LogP contribution in [0.15, 0.2) is 0 Å². The van der Waals surface area contributed by atoms with Crippen molar-refractivity contribution in [2.45, 2.75) is 39.2 Å². The van der Waals surface area contributed by atoms with E-state index in [9.17, 15) is 18.0 Å². The third-order valence-corrected chi connectivity index (χ3v) is 4.46. The van der Waals surface area contributed by atoms with Crippen LogP contribution in [-0.4, -0.2) is 49.9 Å². The van der Waals surface area contributed by atoms with Crippen LogP contribution >= 0.6 is 0 Å². The summed E-state index contributed by atoms with van der Waals surface area (Å²) < 4.78 is 25.0. The average Bonchev–Trinajstić information content (AvgIpc) is 2.35. The molecular weight excluding hydrogens is 286 g/mol. The van der Waals surface area contributed by atoms with E-state index in [4.69, 9.17) is 5.11 Å². The van der Waals surface area contributed by atoms with Crippen LogP contribution in [0.2, 0.25) is 0 Å². The third kappa shape index (κ3) is 5.74. The van der Waals surface area contributed by atoms with Gasteiger partial charge in [0.15, 0.2) is 0 Å². The second-order valence-electron chi connectivity index (χ2n) is 4.29. The first-order valence-electron chi connectivity index (χ1n) is 6.49. The van der Waals surface area contributed by atoms with Crippen LogP contribution in [0.1, 0.15) is 33.6 Å². The number of amides is 2. The maximum absolute atomic E-state index is 11.6. The molecule has 0 bridgehead atoms. The van der Waals surface area contributed by atoms with Gasteiger partial charge in [0.25, 0.3) is 0 Å². The van der Waals surface area contributed by atoms with Crippen molar-refractivity contribution >= 4 is 22.0 Å². The number of carbonyl (C=O) groups excluding carboxylic acids is 1. The van der Waals surface area contributed by atoms with Crippen LogP contribution in [0.25, 0.3) is 0 Å². The lowest BCUT2D eigenvalue weighted by molar-refractivity contribution is -0.144. The normalized spacial score (nSPS) is 11.9. The zero-order valence-electron chi connectivity index (χ0n) is 12.0. The van der Waals surface area contributed by atoms with Gasteiger partial charge >= 0.3 is 12.0 Å². The second kappa shape index (κ2) is 8.05. The molecule has 0 aliphatic rings. The maximum atomic E-state index is 11.6.